The van der Waals surface area contributed by atoms with Gasteiger partial charge in [-0.2, -0.15) is 0 Å². The Labute approximate surface area is 154 Å². The van der Waals surface area contributed by atoms with Gasteiger partial charge in [-0.3, -0.25) is 4.79 Å². The number of methoxy groups -OCH3 is 1. The minimum atomic E-state index is -3.50. The largest absolute Gasteiger partial charge is 0.496 e. The summed E-state index contributed by atoms with van der Waals surface area (Å²) in [5.41, 5.74) is 1.01. The van der Waals surface area contributed by atoms with Crippen LogP contribution in [0, 0.1) is 3.57 Å². The third kappa shape index (κ3) is 4.46. The lowest BCUT2D eigenvalue weighted by Gasteiger charge is -2.09. The maximum Gasteiger partial charge on any atom is 0.255 e. The molecule has 0 saturated carbocycles. The number of sulfonamides is 1. The maximum absolute atomic E-state index is 12.3. The van der Waals surface area contributed by atoms with E-state index in [0.29, 0.717) is 23.5 Å². The van der Waals surface area contributed by atoms with Crippen LogP contribution >= 0.6 is 22.6 Å². The highest BCUT2D eigenvalue weighted by molar-refractivity contribution is 14.1. The van der Waals surface area contributed by atoms with Crippen molar-refractivity contribution in [2.75, 3.05) is 19.0 Å². The van der Waals surface area contributed by atoms with E-state index in [1.807, 2.05) is 0 Å². The molecular formula is C16H17IN2O4S. The van der Waals surface area contributed by atoms with Crippen LogP contribution in [0.4, 0.5) is 5.69 Å². The molecule has 0 heterocycles. The number of benzene rings is 2. The summed E-state index contributed by atoms with van der Waals surface area (Å²) in [6, 6.07) is 11.1. The zero-order valence-corrected chi connectivity index (χ0v) is 16.1. The summed E-state index contributed by atoms with van der Waals surface area (Å²) >= 11 is 2.09. The predicted molar refractivity (Wildman–Crippen MR) is 101 cm³/mol. The van der Waals surface area contributed by atoms with Crippen molar-refractivity contribution in [3.05, 3.63) is 51.6 Å². The van der Waals surface area contributed by atoms with Crippen LogP contribution in [-0.2, 0) is 10.0 Å². The molecule has 128 valence electrons. The number of hydrogen-bond donors (Lipinski definition) is 2. The molecule has 2 aromatic carbocycles. The van der Waals surface area contributed by atoms with Gasteiger partial charge >= 0.3 is 0 Å². The smallest absolute Gasteiger partial charge is 0.255 e. The Morgan fingerprint density at radius 1 is 1.17 bits per heavy atom. The van der Waals surface area contributed by atoms with Gasteiger partial charge in [-0.1, -0.05) is 6.92 Å². The first kappa shape index (κ1) is 18.7. The highest BCUT2D eigenvalue weighted by Gasteiger charge is 2.13. The lowest BCUT2D eigenvalue weighted by molar-refractivity contribution is 0.102. The van der Waals surface area contributed by atoms with E-state index in [-0.39, 0.29) is 10.8 Å². The molecule has 8 heteroatoms. The van der Waals surface area contributed by atoms with E-state index >= 15 is 0 Å². The van der Waals surface area contributed by atoms with Gasteiger partial charge in [-0.15, -0.1) is 0 Å². The molecule has 2 N–H and O–H groups in total. The van der Waals surface area contributed by atoms with Gasteiger partial charge < -0.3 is 10.1 Å². The van der Waals surface area contributed by atoms with Gasteiger partial charge in [0, 0.05) is 17.8 Å². The van der Waals surface area contributed by atoms with E-state index in [1.54, 1.807) is 44.4 Å². The topological polar surface area (TPSA) is 84.5 Å². The summed E-state index contributed by atoms with van der Waals surface area (Å²) in [5.74, 6) is 0.419. The summed E-state index contributed by atoms with van der Waals surface area (Å²) in [7, 11) is -1.93. The Morgan fingerprint density at radius 3 is 2.38 bits per heavy atom. The van der Waals surface area contributed by atoms with E-state index in [4.69, 9.17) is 4.74 Å². The zero-order valence-electron chi connectivity index (χ0n) is 13.2. The molecule has 0 aliphatic heterocycles. The maximum atomic E-state index is 12.3. The van der Waals surface area contributed by atoms with Crippen molar-refractivity contribution >= 4 is 44.2 Å². The van der Waals surface area contributed by atoms with Gasteiger partial charge in [0.05, 0.1) is 15.6 Å². The van der Waals surface area contributed by atoms with Crippen LogP contribution in [0.2, 0.25) is 0 Å². The van der Waals surface area contributed by atoms with Gasteiger partial charge in [-0.05, 0) is 65.1 Å². The Kier molecular flexibility index (Phi) is 6.19. The summed E-state index contributed by atoms with van der Waals surface area (Å²) in [6.45, 7) is 2.03. The molecule has 0 aromatic heterocycles. The second-order valence-corrected chi connectivity index (χ2v) is 7.76. The third-order valence-corrected chi connectivity index (χ3v) is 5.58. The van der Waals surface area contributed by atoms with Gasteiger partial charge in [0.25, 0.3) is 5.91 Å². The highest BCUT2D eigenvalue weighted by Crippen LogP contribution is 2.22. The molecule has 6 nitrogen and oxygen atoms in total. The number of anilines is 1. The Hall–Kier alpha value is -1.65. The monoisotopic (exact) mass is 460 g/mol. The van der Waals surface area contributed by atoms with Crippen LogP contribution in [-0.4, -0.2) is 28.0 Å². The Morgan fingerprint density at radius 2 is 1.83 bits per heavy atom. The molecule has 0 aliphatic rings. The fraction of sp³-hybridized carbons (Fsp3) is 0.188. The Bertz CT molecular complexity index is 836. The molecule has 0 aliphatic carbocycles. The van der Waals surface area contributed by atoms with E-state index in [2.05, 4.69) is 32.6 Å². The first-order chi connectivity index (χ1) is 11.4. The summed E-state index contributed by atoms with van der Waals surface area (Å²) in [6.07, 6.45) is 0. The number of carbonyl (C=O) groups excluding carboxylic acids is 1. The number of rotatable bonds is 6. The van der Waals surface area contributed by atoms with Gasteiger partial charge in [0.2, 0.25) is 10.0 Å². The molecule has 0 radical (unpaired) electrons. The minimum absolute atomic E-state index is 0.154. The van der Waals surface area contributed by atoms with E-state index in [1.165, 1.54) is 12.1 Å². The van der Waals surface area contributed by atoms with Crippen LogP contribution in [0.1, 0.15) is 17.3 Å². The van der Waals surface area contributed by atoms with Gasteiger partial charge in [0.1, 0.15) is 5.75 Å². The Balaban J connectivity index is 2.14. The average molecular weight is 460 g/mol. The fourth-order valence-corrected chi connectivity index (χ4v) is 3.78. The van der Waals surface area contributed by atoms with Crippen molar-refractivity contribution in [3.8, 4) is 5.75 Å². The fourth-order valence-electron chi connectivity index (χ4n) is 2.00. The number of carbonyl (C=O) groups is 1. The van der Waals surface area contributed by atoms with Crippen LogP contribution in [0.25, 0.3) is 0 Å². The summed E-state index contributed by atoms with van der Waals surface area (Å²) < 4.78 is 32.2. The highest BCUT2D eigenvalue weighted by atomic mass is 127. The number of amides is 1. The average Bonchev–Trinajstić information content (AvgIpc) is 2.55. The minimum Gasteiger partial charge on any atom is -0.496 e. The third-order valence-electron chi connectivity index (χ3n) is 3.17. The molecule has 0 spiro atoms. The van der Waals surface area contributed by atoms with Gasteiger partial charge in [-0.25, -0.2) is 13.1 Å². The SMILES string of the molecule is CCNS(=O)(=O)c1ccc(NC(=O)c2ccc(OC)c(I)c2)cc1. The second-order valence-electron chi connectivity index (χ2n) is 4.83. The van der Waals surface area contributed by atoms with E-state index in [0.717, 1.165) is 3.57 Å². The molecule has 0 bridgehead atoms. The molecule has 2 rings (SSSR count). The molecular weight excluding hydrogens is 443 g/mol. The lowest BCUT2D eigenvalue weighted by Crippen LogP contribution is -2.23. The molecule has 24 heavy (non-hydrogen) atoms. The summed E-state index contributed by atoms with van der Waals surface area (Å²) in [5, 5.41) is 2.74. The zero-order chi connectivity index (χ0) is 17.7. The van der Waals surface area contributed by atoms with Crippen molar-refractivity contribution in [3.63, 3.8) is 0 Å². The van der Waals surface area contributed by atoms with Crippen LogP contribution in [0.3, 0.4) is 0 Å². The molecule has 2 aromatic rings. The van der Waals surface area contributed by atoms with Crippen molar-refractivity contribution in [2.45, 2.75) is 11.8 Å². The van der Waals surface area contributed by atoms with Crippen molar-refractivity contribution < 1.29 is 17.9 Å². The number of halogens is 1. The number of nitrogens with one attached hydrogen (secondary N) is 2. The molecule has 0 fully saturated rings. The van der Waals surface area contributed by atoms with Crippen LogP contribution in [0.15, 0.2) is 47.4 Å². The summed E-state index contributed by atoms with van der Waals surface area (Å²) in [4.78, 5) is 12.4. The van der Waals surface area contributed by atoms with E-state index in [9.17, 15) is 13.2 Å². The first-order valence-corrected chi connectivity index (χ1v) is 9.68. The van der Waals surface area contributed by atoms with Crippen molar-refractivity contribution in [2.24, 2.45) is 0 Å². The van der Waals surface area contributed by atoms with Gasteiger partial charge in [0.15, 0.2) is 0 Å². The van der Waals surface area contributed by atoms with E-state index < -0.39 is 10.0 Å². The first-order valence-electron chi connectivity index (χ1n) is 7.12. The molecule has 1 amide bonds. The predicted octanol–water partition coefficient (Wildman–Crippen LogP) is 2.85. The molecule has 0 unspecified atom stereocenters. The molecule has 0 saturated heterocycles. The lowest BCUT2D eigenvalue weighted by atomic mass is 10.2. The molecule has 0 atom stereocenters. The number of hydrogen-bond acceptors (Lipinski definition) is 4. The van der Waals surface area contributed by atoms with Crippen molar-refractivity contribution in [1.82, 2.24) is 4.72 Å². The second kappa shape index (κ2) is 7.95. The standard InChI is InChI=1S/C16H17IN2O4S/c1-3-18-24(21,22)13-7-5-12(6-8-13)19-16(20)11-4-9-15(23-2)14(17)10-11/h4-10,18H,3H2,1-2H3,(H,19,20). The normalized spacial score (nSPS) is 11.1. The van der Waals surface area contributed by atoms with Crippen molar-refractivity contribution in [1.29, 1.82) is 0 Å². The number of ether oxygens (including phenoxy) is 1. The van der Waals surface area contributed by atoms with Crippen LogP contribution < -0.4 is 14.8 Å². The quantitative estimate of drug-likeness (QED) is 0.650. The van der Waals surface area contributed by atoms with Crippen LogP contribution in [0.5, 0.6) is 5.75 Å².